The molecule has 0 aliphatic heterocycles. The van der Waals surface area contributed by atoms with Crippen LogP contribution in [0.5, 0.6) is 5.75 Å². The van der Waals surface area contributed by atoms with E-state index in [1.54, 1.807) is 0 Å². The first-order valence-corrected chi connectivity index (χ1v) is 8.01. The van der Waals surface area contributed by atoms with E-state index in [0.717, 1.165) is 27.8 Å². The van der Waals surface area contributed by atoms with Crippen LogP contribution >= 0.6 is 31.9 Å². The van der Waals surface area contributed by atoms with Gasteiger partial charge in [-0.2, -0.15) is 0 Å². The molecule has 1 unspecified atom stereocenters. The van der Waals surface area contributed by atoms with Gasteiger partial charge >= 0.3 is 0 Å². The molecule has 0 aliphatic rings. The fourth-order valence-electron chi connectivity index (χ4n) is 1.90. The number of rotatable bonds is 7. The lowest BCUT2D eigenvalue weighted by Gasteiger charge is -2.19. The Morgan fingerprint density at radius 2 is 1.84 bits per heavy atom. The average molecular weight is 394 g/mol. The molecule has 0 saturated carbocycles. The first-order chi connectivity index (χ1) is 8.93. The first kappa shape index (κ1) is 17.0. The second-order valence-electron chi connectivity index (χ2n) is 4.87. The Hall–Kier alpha value is -0.100. The van der Waals surface area contributed by atoms with Gasteiger partial charge < -0.3 is 15.0 Å². The summed E-state index contributed by atoms with van der Waals surface area (Å²) in [6, 6.07) is 4.66. The minimum atomic E-state index is 0.458. The molecule has 0 bridgehead atoms. The van der Waals surface area contributed by atoms with Gasteiger partial charge in [-0.05, 0) is 77.5 Å². The van der Waals surface area contributed by atoms with Crippen molar-refractivity contribution >= 4 is 31.9 Å². The Balaban J connectivity index is 2.65. The minimum Gasteiger partial charge on any atom is -0.492 e. The fraction of sp³-hybridized carbons (Fsp3) is 0.571. The minimum absolute atomic E-state index is 0.458. The quantitative estimate of drug-likeness (QED) is 0.765. The summed E-state index contributed by atoms with van der Waals surface area (Å²) >= 11 is 7.11. The van der Waals surface area contributed by atoms with Crippen molar-refractivity contribution in [2.75, 3.05) is 27.2 Å². The highest BCUT2D eigenvalue weighted by molar-refractivity contribution is 9.11. The number of nitrogens with zero attached hydrogens (tertiary/aromatic N) is 1. The molecule has 0 radical (unpaired) electrons. The van der Waals surface area contributed by atoms with Gasteiger partial charge in [0, 0.05) is 19.1 Å². The topological polar surface area (TPSA) is 24.5 Å². The lowest BCUT2D eigenvalue weighted by Crippen LogP contribution is -2.35. The van der Waals surface area contributed by atoms with E-state index in [2.05, 4.69) is 75.2 Å². The lowest BCUT2D eigenvalue weighted by atomic mass is 10.2. The zero-order valence-corrected chi connectivity index (χ0v) is 15.1. The van der Waals surface area contributed by atoms with Crippen molar-refractivity contribution in [2.24, 2.45) is 0 Å². The van der Waals surface area contributed by atoms with Crippen molar-refractivity contribution in [3.05, 3.63) is 26.6 Å². The van der Waals surface area contributed by atoms with Crippen LogP contribution in [0.2, 0.25) is 0 Å². The van der Waals surface area contributed by atoms with Crippen LogP contribution in [0.25, 0.3) is 0 Å². The number of halogens is 2. The molecule has 19 heavy (non-hydrogen) atoms. The van der Waals surface area contributed by atoms with Gasteiger partial charge in [-0.25, -0.2) is 0 Å². The third-order valence-electron chi connectivity index (χ3n) is 2.64. The molecule has 0 spiro atoms. The number of hydrogen-bond acceptors (Lipinski definition) is 3. The van der Waals surface area contributed by atoms with E-state index in [0.29, 0.717) is 12.6 Å². The molecule has 0 amide bonds. The number of ether oxygens (including phenoxy) is 1. The summed E-state index contributed by atoms with van der Waals surface area (Å²) in [4.78, 5) is 2.18. The predicted molar refractivity (Wildman–Crippen MR) is 87.9 cm³/mol. The zero-order chi connectivity index (χ0) is 14.4. The Bertz CT molecular complexity index is 387. The maximum Gasteiger partial charge on any atom is 0.147 e. The van der Waals surface area contributed by atoms with Gasteiger partial charge in [-0.1, -0.05) is 0 Å². The number of likely N-dealkylation sites (N-methyl/N-ethyl adjacent to an activating group) is 1. The van der Waals surface area contributed by atoms with Crippen LogP contribution in [0.3, 0.4) is 0 Å². The molecule has 1 aromatic carbocycles. The monoisotopic (exact) mass is 392 g/mol. The van der Waals surface area contributed by atoms with Crippen molar-refractivity contribution in [1.82, 2.24) is 10.2 Å². The largest absolute Gasteiger partial charge is 0.492 e. The van der Waals surface area contributed by atoms with Crippen LogP contribution in [0, 0.1) is 0 Å². The number of nitrogens with one attached hydrogen (secondary N) is 1. The van der Waals surface area contributed by atoms with Crippen LogP contribution in [0.1, 0.15) is 19.4 Å². The van der Waals surface area contributed by atoms with Crippen molar-refractivity contribution in [2.45, 2.75) is 26.4 Å². The van der Waals surface area contributed by atoms with Crippen molar-refractivity contribution in [3.63, 3.8) is 0 Å². The standard InChI is InChI=1S/C14H22Br2N2O/c1-5-19-14-12(15)6-11(7-13(14)16)8-17-10(2)9-18(3)4/h6-7,10,17H,5,8-9H2,1-4H3. The van der Waals surface area contributed by atoms with Gasteiger partial charge in [0.2, 0.25) is 0 Å². The molecule has 0 saturated heterocycles. The van der Waals surface area contributed by atoms with Gasteiger partial charge in [-0.3, -0.25) is 0 Å². The van der Waals surface area contributed by atoms with Crippen molar-refractivity contribution < 1.29 is 4.74 Å². The molecule has 0 aromatic heterocycles. The molecule has 108 valence electrons. The van der Waals surface area contributed by atoms with Crippen LogP contribution in [-0.4, -0.2) is 38.2 Å². The van der Waals surface area contributed by atoms with Crippen LogP contribution in [0.15, 0.2) is 21.1 Å². The van der Waals surface area contributed by atoms with Gasteiger partial charge in [0.05, 0.1) is 15.6 Å². The summed E-state index contributed by atoms with van der Waals surface area (Å²) in [5, 5.41) is 3.51. The average Bonchev–Trinajstić information content (AvgIpc) is 2.30. The lowest BCUT2D eigenvalue weighted by molar-refractivity contribution is 0.335. The highest BCUT2D eigenvalue weighted by Gasteiger charge is 2.09. The molecule has 0 aliphatic carbocycles. The summed E-state index contributed by atoms with van der Waals surface area (Å²) in [5.41, 5.74) is 1.23. The van der Waals surface area contributed by atoms with Gasteiger partial charge in [0.1, 0.15) is 5.75 Å². The molecular weight excluding hydrogens is 372 g/mol. The normalized spacial score (nSPS) is 12.8. The second-order valence-corrected chi connectivity index (χ2v) is 6.57. The third kappa shape index (κ3) is 5.81. The van der Waals surface area contributed by atoms with E-state index < -0.39 is 0 Å². The number of benzene rings is 1. The first-order valence-electron chi connectivity index (χ1n) is 6.42. The second kappa shape index (κ2) is 8.25. The van der Waals surface area contributed by atoms with Crippen LogP contribution in [-0.2, 0) is 6.54 Å². The maximum atomic E-state index is 5.58. The Morgan fingerprint density at radius 1 is 1.26 bits per heavy atom. The molecule has 1 aromatic rings. The van der Waals surface area contributed by atoms with E-state index in [1.165, 1.54) is 5.56 Å². The van der Waals surface area contributed by atoms with Gasteiger partial charge in [0.25, 0.3) is 0 Å². The summed E-state index contributed by atoms with van der Waals surface area (Å²) in [7, 11) is 4.17. The summed E-state index contributed by atoms with van der Waals surface area (Å²) in [5.74, 6) is 0.868. The van der Waals surface area contributed by atoms with Crippen molar-refractivity contribution in [1.29, 1.82) is 0 Å². The molecule has 1 N–H and O–H groups in total. The molecule has 0 fully saturated rings. The van der Waals surface area contributed by atoms with Crippen LogP contribution < -0.4 is 10.1 Å². The summed E-state index contributed by atoms with van der Waals surface area (Å²) in [6.45, 7) is 6.71. The van der Waals surface area contributed by atoms with Gasteiger partial charge in [-0.15, -0.1) is 0 Å². The SMILES string of the molecule is CCOc1c(Br)cc(CNC(C)CN(C)C)cc1Br. The number of hydrogen-bond donors (Lipinski definition) is 1. The van der Waals surface area contributed by atoms with E-state index >= 15 is 0 Å². The smallest absolute Gasteiger partial charge is 0.147 e. The summed E-state index contributed by atoms with van der Waals surface area (Å²) in [6.07, 6.45) is 0. The predicted octanol–water partition coefficient (Wildman–Crippen LogP) is 3.65. The highest BCUT2D eigenvalue weighted by Crippen LogP contribution is 2.34. The highest BCUT2D eigenvalue weighted by atomic mass is 79.9. The van der Waals surface area contributed by atoms with Crippen LogP contribution in [0.4, 0.5) is 0 Å². The molecule has 5 heteroatoms. The van der Waals surface area contributed by atoms with Gasteiger partial charge in [0.15, 0.2) is 0 Å². The van der Waals surface area contributed by atoms with E-state index in [4.69, 9.17) is 4.74 Å². The Morgan fingerprint density at radius 3 is 2.32 bits per heavy atom. The molecule has 1 atom stereocenters. The molecular formula is C14H22Br2N2O. The van der Waals surface area contributed by atoms with E-state index in [1.807, 2.05) is 6.92 Å². The van der Waals surface area contributed by atoms with E-state index in [-0.39, 0.29) is 0 Å². The third-order valence-corrected chi connectivity index (χ3v) is 3.82. The Kier molecular flexibility index (Phi) is 7.36. The zero-order valence-electron chi connectivity index (χ0n) is 12.0. The van der Waals surface area contributed by atoms with Crippen molar-refractivity contribution in [3.8, 4) is 5.75 Å². The summed E-state index contributed by atoms with van der Waals surface area (Å²) < 4.78 is 7.55. The molecule has 0 heterocycles. The fourth-order valence-corrected chi connectivity index (χ4v) is 3.41. The Labute approximate surface area is 133 Å². The molecule has 3 nitrogen and oxygen atoms in total. The molecule has 1 rings (SSSR count). The van der Waals surface area contributed by atoms with E-state index in [9.17, 15) is 0 Å². The maximum absolute atomic E-state index is 5.58.